The third-order valence-electron chi connectivity index (χ3n) is 6.28. The van der Waals surface area contributed by atoms with Crippen LogP contribution < -0.4 is 9.47 Å². The first-order chi connectivity index (χ1) is 16.8. The highest BCUT2D eigenvalue weighted by Crippen LogP contribution is 2.31. The van der Waals surface area contributed by atoms with Gasteiger partial charge in [-0.25, -0.2) is 8.42 Å². The second-order valence-electron chi connectivity index (χ2n) is 8.62. The van der Waals surface area contributed by atoms with E-state index in [4.69, 9.17) is 9.47 Å². The average Bonchev–Trinajstić information content (AvgIpc) is 2.88. The maximum Gasteiger partial charge on any atom is 0.243 e. The van der Waals surface area contributed by atoms with E-state index in [-0.39, 0.29) is 30.4 Å². The zero-order valence-electron chi connectivity index (χ0n) is 20.3. The molecule has 186 valence electrons. The van der Waals surface area contributed by atoms with Crippen molar-refractivity contribution in [3.8, 4) is 11.5 Å². The normalized spacial score (nSPS) is 14.9. The summed E-state index contributed by atoms with van der Waals surface area (Å²) in [6.07, 6.45) is 0. The van der Waals surface area contributed by atoms with Gasteiger partial charge in [0.15, 0.2) is 11.5 Å². The summed E-state index contributed by atoms with van der Waals surface area (Å²) < 4.78 is 38.7. The van der Waals surface area contributed by atoms with Gasteiger partial charge in [-0.3, -0.25) is 9.69 Å². The Labute approximate surface area is 206 Å². The third-order valence-corrected chi connectivity index (χ3v) is 8.17. The summed E-state index contributed by atoms with van der Waals surface area (Å²) in [6.45, 7) is 2.01. The fourth-order valence-electron chi connectivity index (χ4n) is 4.41. The first-order valence-electron chi connectivity index (χ1n) is 11.5. The summed E-state index contributed by atoms with van der Waals surface area (Å²) in [5.41, 5.74) is 0.924. The van der Waals surface area contributed by atoms with Gasteiger partial charge in [0.2, 0.25) is 15.9 Å². The predicted molar refractivity (Wildman–Crippen MR) is 135 cm³/mol. The van der Waals surface area contributed by atoms with Gasteiger partial charge in [-0.1, -0.05) is 42.5 Å². The van der Waals surface area contributed by atoms with Crippen molar-refractivity contribution in [2.24, 2.45) is 0 Å². The van der Waals surface area contributed by atoms with Crippen molar-refractivity contribution in [1.82, 2.24) is 14.1 Å². The minimum absolute atomic E-state index is 0.0304. The first kappa shape index (κ1) is 25.0. The molecule has 1 saturated heterocycles. The maximum absolute atomic E-state index is 13.2. The third kappa shape index (κ3) is 5.42. The molecule has 0 N–H and O–H groups in total. The van der Waals surface area contributed by atoms with E-state index in [0.29, 0.717) is 31.1 Å². The fourth-order valence-corrected chi connectivity index (χ4v) is 5.87. The van der Waals surface area contributed by atoms with Gasteiger partial charge in [-0.2, -0.15) is 4.31 Å². The van der Waals surface area contributed by atoms with E-state index in [0.717, 1.165) is 16.3 Å². The van der Waals surface area contributed by atoms with Crippen molar-refractivity contribution in [2.75, 3.05) is 54.0 Å². The van der Waals surface area contributed by atoms with Gasteiger partial charge in [0.05, 0.1) is 25.7 Å². The van der Waals surface area contributed by atoms with Crippen LogP contribution in [0.5, 0.6) is 11.5 Å². The highest BCUT2D eigenvalue weighted by molar-refractivity contribution is 7.89. The van der Waals surface area contributed by atoms with E-state index in [1.165, 1.54) is 4.31 Å². The molecule has 1 amide bonds. The van der Waals surface area contributed by atoms with Crippen molar-refractivity contribution in [2.45, 2.75) is 11.4 Å². The van der Waals surface area contributed by atoms with Gasteiger partial charge >= 0.3 is 0 Å². The summed E-state index contributed by atoms with van der Waals surface area (Å²) in [7, 11) is 1.44. The molecule has 0 saturated carbocycles. The Bertz CT molecular complexity index is 1300. The van der Waals surface area contributed by atoms with E-state index in [2.05, 4.69) is 0 Å². The van der Waals surface area contributed by atoms with Crippen LogP contribution in [0.3, 0.4) is 0 Å². The SMILES string of the molecule is COc1cccc(CN(C)CC(=O)N2CCN(S(=O)(=O)c3ccc4ccccc4c3)CC2)c1OC. The van der Waals surface area contributed by atoms with Crippen LogP contribution in [0.25, 0.3) is 10.8 Å². The largest absolute Gasteiger partial charge is 0.493 e. The van der Waals surface area contributed by atoms with Crippen LogP contribution in [0.1, 0.15) is 5.56 Å². The van der Waals surface area contributed by atoms with E-state index in [9.17, 15) is 13.2 Å². The lowest BCUT2D eigenvalue weighted by Gasteiger charge is -2.35. The molecular formula is C26H31N3O5S. The molecule has 3 aromatic rings. The molecule has 4 rings (SSSR count). The molecule has 0 aliphatic carbocycles. The van der Waals surface area contributed by atoms with Crippen LogP contribution in [0, 0.1) is 0 Å². The van der Waals surface area contributed by atoms with Crippen LogP contribution in [0.4, 0.5) is 0 Å². The zero-order valence-corrected chi connectivity index (χ0v) is 21.1. The van der Waals surface area contributed by atoms with Crippen molar-refractivity contribution in [3.05, 3.63) is 66.2 Å². The van der Waals surface area contributed by atoms with Gasteiger partial charge < -0.3 is 14.4 Å². The van der Waals surface area contributed by atoms with E-state index < -0.39 is 10.0 Å². The molecule has 1 fully saturated rings. The molecule has 1 heterocycles. The number of hydrogen-bond acceptors (Lipinski definition) is 6. The monoisotopic (exact) mass is 497 g/mol. The number of piperazine rings is 1. The number of amides is 1. The smallest absolute Gasteiger partial charge is 0.243 e. The molecule has 0 atom stereocenters. The number of ether oxygens (including phenoxy) is 2. The number of hydrogen-bond donors (Lipinski definition) is 0. The highest BCUT2D eigenvalue weighted by atomic mass is 32.2. The van der Waals surface area contributed by atoms with Gasteiger partial charge in [0.25, 0.3) is 0 Å². The molecule has 9 heteroatoms. The van der Waals surface area contributed by atoms with Crippen LogP contribution in [0.2, 0.25) is 0 Å². The van der Waals surface area contributed by atoms with Gasteiger partial charge in [-0.05, 0) is 36.0 Å². The van der Waals surface area contributed by atoms with E-state index in [1.807, 2.05) is 60.5 Å². The Balaban J connectivity index is 1.35. The van der Waals surface area contributed by atoms with E-state index in [1.54, 1.807) is 31.3 Å². The van der Waals surface area contributed by atoms with Gasteiger partial charge in [0.1, 0.15) is 0 Å². The Morgan fingerprint density at radius 2 is 1.63 bits per heavy atom. The minimum atomic E-state index is -3.62. The van der Waals surface area contributed by atoms with Crippen molar-refractivity contribution in [3.63, 3.8) is 0 Å². The molecule has 1 aliphatic heterocycles. The lowest BCUT2D eigenvalue weighted by Crippen LogP contribution is -2.52. The van der Waals surface area contributed by atoms with Crippen molar-refractivity contribution < 1.29 is 22.7 Å². The fraction of sp³-hybridized carbons (Fsp3) is 0.346. The minimum Gasteiger partial charge on any atom is -0.493 e. The molecule has 0 spiro atoms. The number of para-hydroxylation sites is 1. The summed E-state index contributed by atoms with van der Waals surface area (Å²) in [5.74, 6) is 1.27. The molecule has 0 unspecified atom stereocenters. The highest BCUT2D eigenvalue weighted by Gasteiger charge is 2.30. The molecule has 0 aromatic heterocycles. The Kier molecular flexibility index (Phi) is 7.59. The second-order valence-corrected chi connectivity index (χ2v) is 10.6. The van der Waals surface area contributed by atoms with Crippen LogP contribution >= 0.6 is 0 Å². The Hall–Kier alpha value is -3.14. The van der Waals surface area contributed by atoms with Crippen molar-refractivity contribution in [1.29, 1.82) is 0 Å². The van der Waals surface area contributed by atoms with Crippen LogP contribution in [0.15, 0.2) is 65.6 Å². The lowest BCUT2D eigenvalue weighted by atomic mass is 10.1. The molecule has 8 nitrogen and oxygen atoms in total. The Morgan fingerprint density at radius 3 is 2.31 bits per heavy atom. The number of benzene rings is 3. The number of carbonyl (C=O) groups excluding carboxylic acids is 1. The predicted octanol–water partition coefficient (Wildman–Crippen LogP) is 2.82. The topological polar surface area (TPSA) is 79.4 Å². The number of rotatable bonds is 8. The number of nitrogens with zero attached hydrogens (tertiary/aromatic N) is 3. The molecule has 0 radical (unpaired) electrons. The molecular weight excluding hydrogens is 466 g/mol. The Morgan fingerprint density at radius 1 is 0.914 bits per heavy atom. The maximum atomic E-state index is 13.2. The summed E-state index contributed by atoms with van der Waals surface area (Å²) in [4.78, 5) is 16.8. The lowest BCUT2D eigenvalue weighted by molar-refractivity contribution is -0.133. The average molecular weight is 498 g/mol. The summed E-state index contributed by atoms with van der Waals surface area (Å²) >= 11 is 0. The molecule has 1 aliphatic rings. The molecule has 3 aromatic carbocycles. The van der Waals surface area contributed by atoms with Gasteiger partial charge in [-0.15, -0.1) is 0 Å². The number of methoxy groups -OCH3 is 2. The van der Waals surface area contributed by atoms with Crippen LogP contribution in [-0.2, 0) is 21.4 Å². The first-order valence-corrected chi connectivity index (χ1v) is 12.9. The molecule has 0 bridgehead atoms. The number of fused-ring (bicyclic) bond motifs is 1. The van der Waals surface area contributed by atoms with E-state index >= 15 is 0 Å². The van der Waals surface area contributed by atoms with Crippen molar-refractivity contribution >= 4 is 26.7 Å². The molecule has 35 heavy (non-hydrogen) atoms. The summed E-state index contributed by atoms with van der Waals surface area (Å²) in [5, 5.41) is 1.88. The number of likely N-dealkylation sites (N-methyl/N-ethyl adjacent to an activating group) is 1. The second kappa shape index (κ2) is 10.6. The van der Waals surface area contributed by atoms with Crippen LogP contribution in [-0.4, -0.2) is 82.4 Å². The summed E-state index contributed by atoms with van der Waals surface area (Å²) in [6, 6.07) is 18.5. The van der Waals surface area contributed by atoms with Gasteiger partial charge in [0, 0.05) is 38.3 Å². The quantitative estimate of drug-likeness (QED) is 0.476. The standard InChI is InChI=1S/C26H31N3O5S/c1-27(18-22-9-6-10-24(33-2)26(22)34-3)19-25(30)28-13-15-29(16-14-28)35(31,32)23-12-11-20-7-4-5-8-21(20)17-23/h4-12,17H,13-16,18-19H2,1-3H3. The number of sulfonamides is 1. The number of carbonyl (C=O) groups is 1. The zero-order chi connectivity index (χ0) is 25.0.